The molecule has 0 saturated heterocycles. The van der Waals surface area contributed by atoms with E-state index in [0.717, 1.165) is 64.2 Å². The Morgan fingerprint density at radius 2 is 0.485 bits per heavy atom. The minimum absolute atomic E-state index is 0.0673. The molecule has 0 spiro atoms. The quantitative estimate of drug-likeness (QED) is 0.0262. The van der Waals surface area contributed by atoms with Gasteiger partial charge in [-0.3, -0.25) is 14.4 Å². The van der Waals surface area contributed by atoms with Crippen LogP contribution < -0.4 is 0 Å². The van der Waals surface area contributed by atoms with Gasteiger partial charge in [-0.1, -0.05) is 296 Å². The average molecular weight is 960 g/mol. The molecule has 0 fully saturated rings. The van der Waals surface area contributed by atoms with Gasteiger partial charge >= 0.3 is 17.9 Å². The van der Waals surface area contributed by atoms with Crippen LogP contribution >= 0.6 is 0 Å². The van der Waals surface area contributed by atoms with E-state index in [4.69, 9.17) is 14.2 Å². The summed E-state index contributed by atoms with van der Waals surface area (Å²) in [4.78, 5) is 38.1. The van der Waals surface area contributed by atoms with E-state index in [2.05, 4.69) is 32.9 Å². The third-order valence-electron chi connectivity index (χ3n) is 14.0. The molecule has 0 saturated carbocycles. The maximum absolute atomic E-state index is 12.8. The predicted molar refractivity (Wildman–Crippen MR) is 293 cm³/mol. The molecule has 0 N–H and O–H groups in total. The molecule has 68 heavy (non-hydrogen) atoms. The summed E-state index contributed by atoms with van der Waals surface area (Å²) in [5, 5.41) is 0. The second-order valence-corrected chi connectivity index (χ2v) is 21.0. The normalized spacial score (nSPS) is 12.0. The Labute approximate surface area is 424 Å². The summed E-state index contributed by atoms with van der Waals surface area (Å²) in [7, 11) is 0. The Hall–Kier alpha value is -1.85. The van der Waals surface area contributed by atoms with Crippen molar-refractivity contribution in [2.75, 3.05) is 13.2 Å². The number of carbonyl (C=O) groups excluding carboxylic acids is 3. The number of rotatable bonds is 57. The molecule has 6 nitrogen and oxygen atoms in total. The number of allylic oxidation sites excluding steroid dienone is 2. The summed E-state index contributed by atoms with van der Waals surface area (Å²) >= 11 is 0. The molecule has 6 heteroatoms. The van der Waals surface area contributed by atoms with Crippen molar-refractivity contribution in [3.05, 3.63) is 12.2 Å². The highest BCUT2D eigenvalue weighted by molar-refractivity contribution is 5.71. The summed E-state index contributed by atoms with van der Waals surface area (Å²) in [5.74, 6) is -0.851. The van der Waals surface area contributed by atoms with Crippen LogP contribution in [0.4, 0.5) is 0 Å². The van der Waals surface area contributed by atoms with E-state index in [1.807, 2.05) is 0 Å². The van der Waals surface area contributed by atoms with Crippen LogP contribution in [0.15, 0.2) is 12.2 Å². The molecule has 0 aromatic carbocycles. The summed E-state index contributed by atoms with van der Waals surface area (Å²) < 4.78 is 16.9. The van der Waals surface area contributed by atoms with Gasteiger partial charge in [0.05, 0.1) is 0 Å². The van der Waals surface area contributed by atoms with Crippen molar-refractivity contribution in [1.29, 1.82) is 0 Å². The highest BCUT2D eigenvalue weighted by Crippen LogP contribution is 2.18. The van der Waals surface area contributed by atoms with Gasteiger partial charge in [0.15, 0.2) is 6.10 Å². The molecule has 0 radical (unpaired) electrons. The predicted octanol–water partition coefficient (Wildman–Crippen LogP) is 20.5. The van der Waals surface area contributed by atoms with Crippen molar-refractivity contribution < 1.29 is 28.6 Å². The van der Waals surface area contributed by atoms with Crippen LogP contribution in [0.25, 0.3) is 0 Å². The minimum atomic E-state index is -0.769. The molecule has 0 aliphatic carbocycles. The zero-order valence-corrected chi connectivity index (χ0v) is 46.2. The monoisotopic (exact) mass is 959 g/mol. The second kappa shape index (κ2) is 57.7. The fourth-order valence-electron chi connectivity index (χ4n) is 9.38. The number of hydrogen-bond donors (Lipinski definition) is 0. The number of hydrogen-bond acceptors (Lipinski definition) is 6. The molecule has 0 rings (SSSR count). The Morgan fingerprint density at radius 1 is 0.279 bits per heavy atom. The van der Waals surface area contributed by atoms with Crippen LogP contribution in [0.2, 0.25) is 0 Å². The van der Waals surface area contributed by atoms with Crippen molar-refractivity contribution in [3.63, 3.8) is 0 Å². The molecule has 0 bridgehead atoms. The third kappa shape index (κ3) is 55.1. The van der Waals surface area contributed by atoms with Gasteiger partial charge < -0.3 is 14.2 Å². The van der Waals surface area contributed by atoms with Crippen molar-refractivity contribution in [2.45, 2.75) is 354 Å². The van der Waals surface area contributed by atoms with Gasteiger partial charge in [0.1, 0.15) is 13.2 Å². The smallest absolute Gasteiger partial charge is 0.306 e. The van der Waals surface area contributed by atoms with Gasteiger partial charge in [0.2, 0.25) is 0 Å². The van der Waals surface area contributed by atoms with E-state index in [9.17, 15) is 14.4 Å². The minimum Gasteiger partial charge on any atom is -0.462 e. The Morgan fingerprint density at radius 3 is 0.735 bits per heavy atom. The molecule has 0 aromatic heterocycles. The fourth-order valence-corrected chi connectivity index (χ4v) is 9.38. The molecule has 1 atom stereocenters. The Kier molecular flexibility index (Phi) is 56.2. The molecule has 0 aliphatic heterocycles. The molecule has 0 amide bonds. The molecular weight excluding hydrogens is 841 g/mol. The molecule has 402 valence electrons. The van der Waals surface area contributed by atoms with Crippen LogP contribution in [-0.4, -0.2) is 37.2 Å². The fraction of sp³-hybridized carbons (Fsp3) is 0.919. The lowest BCUT2D eigenvalue weighted by Crippen LogP contribution is -2.30. The number of unbranched alkanes of at least 4 members (excludes halogenated alkanes) is 44. The maximum atomic E-state index is 12.8. The van der Waals surface area contributed by atoms with Crippen molar-refractivity contribution in [1.82, 2.24) is 0 Å². The van der Waals surface area contributed by atoms with E-state index >= 15 is 0 Å². The van der Waals surface area contributed by atoms with Crippen LogP contribution in [0.5, 0.6) is 0 Å². The highest BCUT2D eigenvalue weighted by Gasteiger charge is 2.19. The zero-order valence-electron chi connectivity index (χ0n) is 46.2. The van der Waals surface area contributed by atoms with Gasteiger partial charge in [-0.05, 0) is 44.9 Å². The summed E-state index contributed by atoms with van der Waals surface area (Å²) in [6, 6.07) is 0. The van der Waals surface area contributed by atoms with Gasteiger partial charge in [0, 0.05) is 19.3 Å². The molecule has 1 unspecified atom stereocenters. The molecular formula is C62H118O6. The highest BCUT2D eigenvalue weighted by atomic mass is 16.6. The van der Waals surface area contributed by atoms with E-state index in [1.54, 1.807) is 0 Å². The zero-order chi connectivity index (χ0) is 49.3. The third-order valence-corrected chi connectivity index (χ3v) is 14.0. The molecule has 0 aliphatic rings. The number of esters is 3. The Balaban J connectivity index is 4.21. The maximum Gasteiger partial charge on any atom is 0.306 e. The van der Waals surface area contributed by atoms with Crippen molar-refractivity contribution >= 4 is 17.9 Å². The molecule has 0 heterocycles. The lowest BCUT2D eigenvalue weighted by atomic mass is 10.0. The van der Waals surface area contributed by atoms with Crippen LogP contribution in [-0.2, 0) is 28.6 Å². The van der Waals surface area contributed by atoms with E-state index in [-0.39, 0.29) is 31.1 Å². The van der Waals surface area contributed by atoms with Crippen LogP contribution in [0.3, 0.4) is 0 Å². The van der Waals surface area contributed by atoms with Crippen molar-refractivity contribution in [3.8, 4) is 0 Å². The first-order valence-electron chi connectivity index (χ1n) is 30.7. The lowest BCUT2D eigenvalue weighted by Gasteiger charge is -2.18. The summed E-state index contributed by atoms with van der Waals surface area (Å²) in [6.07, 6.45) is 66.5. The number of ether oxygens (including phenoxy) is 3. The van der Waals surface area contributed by atoms with E-state index < -0.39 is 6.10 Å². The SMILES string of the molecule is CCCCCCCCC/C=C\CCCCCCCC(=O)OC(COC(=O)CCCCCCCCCCCCC)COC(=O)CCCCCCCCCCCCCCCCCCCCCCCCC. The van der Waals surface area contributed by atoms with Gasteiger partial charge in [-0.15, -0.1) is 0 Å². The van der Waals surface area contributed by atoms with Gasteiger partial charge in [-0.25, -0.2) is 0 Å². The standard InChI is InChI=1S/C62H118O6/c1-4-7-10-13-16-19-22-24-26-28-29-30-31-32-33-34-36-37-40-43-46-49-52-55-61(64)67-58-59(57-66-60(63)54-51-48-45-42-39-21-18-15-12-9-6-3)68-62(65)56-53-50-47-44-41-38-35-27-25-23-20-17-14-11-8-5-2/h27,35,59H,4-26,28-34,36-58H2,1-3H3/b35-27-. The average Bonchev–Trinajstić information content (AvgIpc) is 3.34. The largest absolute Gasteiger partial charge is 0.462 e. The van der Waals surface area contributed by atoms with E-state index in [0.29, 0.717) is 19.3 Å². The van der Waals surface area contributed by atoms with Gasteiger partial charge in [0.25, 0.3) is 0 Å². The van der Waals surface area contributed by atoms with Gasteiger partial charge in [-0.2, -0.15) is 0 Å². The van der Waals surface area contributed by atoms with Crippen LogP contribution in [0.1, 0.15) is 348 Å². The first-order chi connectivity index (χ1) is 33.5. The lowest BCUT2D eigenvalue weighted by molar-refractivity contribution is -0.167. The first-order valence-corrected chi connectivity index (χ1v) is 30.7. The topological polar surface area (TPSA) is 78.9 Å². The summed E-state index contributed by atoms with van der Waals surface area (Å²) in [5.41, 5.74) is 0. The Bertz CT molecular complexity index is 1060. The number of carbonyl (C=O) groups is 3. The molecule has 0 aromatic rings. The second-order valence-electron chi connectivity index (χ2n) is 21.0. The van der Waals surface area contributed by atoms with E-state index in [1.165, 1.54) is 244 Å². The van der Waals surface area contributed by atoms with Crippen LogP contribution in [0, 0.1) is 0 Å². The first kappa shape index (κ1) is 66.2. The summed E-state index contributed by atoms with van der Waals surface area (Å²) in [6.45, 7) is 6.69. The van der Waals surface area contributed by atoms with Crippen molar-refractivity contribution in [2.24, 2.45) is 0 Å².